The molecular formula is C16H16N6O. The Balaban J connectivity index is 1.74. The molecule has 1 aromatic carbocycles. The van der Waals surface area contributed by atoms with E-state index in [-0.39, 0.29) is 5.69 Å². The molecule has 0 spiro atoms. The molecule has 3 heterocycles. The summed E-state index contributed by atoms with van der Waals surface area (Å²) in [5, 5.41) is 9.65. The fraction of sp³-hybridized carbons (Fsp3) is 0.250. The van der Waals surface area contributed by atoms with Gasteiger partial charge in [0.15, 0.2) is 11.5 Å². The lowest BCUT2D eigenvalue weighted by Crippen LogP contribution is -2.17. The molecule has 0 aliphatic carbocycles. The van der Waals surface area contributed by atoms with Crippen LogP contribution in [-0.4, -0.2) is 29.4 Å². The largest absolute Gasteiger partial charge is 0.348 e. The van der Waals surface area contributed by atoms with Crippen molar-refractivity contribution in [2.45, 2.75) is 26.8 Å². The van der Waals surface area contributed by atoms with E-state index in [9.17, 15) is 4.79 Å². The van der Waals surface area contributed by atoms with Gasteiger partial charge < -0.3 is 4.98 Å². The molecule has 0 bridgehead atoms. The first-order valence-electron chi connectivity index (χ1n) is 7.49. The maximum absolute atomic E-state index is 12.1. The van der Waals surface area contributed by atoms with Gasteiger partial charge >= 0.3 is 5.69 Å². The van der Waals surface area contributed by atoms with Gasteiger partial charge in [-0.2, -0.15) is 9.61 Å². The molecule has 23 heavy (non-hydrogen) atoms. The van der Waals surface area contributed by atoms with Crippen LogP contribution in [0.4, 0.5) is 0 Å². The van der Waals surface area contributed by atoms with Crippen LogP contribution in [0.5, 0.6) is 0 Å². The predicted octanol–water partition coefficient (Wildman–Crippen LogP) is 1.63. The summed E-state index contributed by atoms with van der Waals surface area (Å²) < 4.78 is 3.27. The number of benzene rings is 1. The fourth-order valence-corrected chi connectivity index (χ4v) is 2.84. The number of H-pyrrole nitrogens is 1. The Labute approximate surface area is 131 Å². The van der Waals surface area contributed by atoms with Gasteiger partial charge in [0.2, 0.25) is 0 Å². The molecule has 0 aliphatic rings. The normalized spacial score (nSPS) is 11.6. The molecule has 116 valence electrons. The van der Waals surface area contributed by atoms with Crippen molar-refractivity contribution in [2.75, 3.05) is 0 Å². The number of nitrogens with zero attached hydrogens (tertiary/aromatic N) is 5. The first kappa shape index (κ1) is 13.7. The lowest BCUT2D eigenvalue weighted by Gasteiger charge is -2.00. The fourth-order valence-electron chi connectivity index (χ4n) is 2.84. The minimum atomic E-state index is -0.274. The Morgan fingerprint density at radius 1 is 1.17 bits per heavy atom. The molecule has 0 saturated heterocycles. The second-order valence-corrected chi connectivity index (χ2v) is 5.64. The van der Waals surface area contributed by atoms with Crippen LogP contribution < -0.4 is 5.69 Å². The number of para-hydroxylation sites is 1. The van der Waals surface area contributed by atoms with Crippen molar-refractivity contribution >= 4 is 16.6 Å². The van der Waals surface area contributed by atoms with Crippen molar-refractivity contribution in [3.63, 3.8) is 0 Å². The summed E-state index contributed by atoms with van der Waals surface area (Å²) in [6, 6.07) is 9.64. The van der Waals surface area contributed by atoms with Gasteiger partial charge in [0.05, 0.1) is 11.2 Å². The predicted molar refractivity (Wildman–Crippen MR) is 86.5 cm³/mol. The summed E-state index contributed by atoms with van der Waals surface area (Å²) in [6.45, 7) is 4.68. The smallest absolute Gasteiger partial charge is 0.305 e. The van der Waals surface area contributed by atoms with Crippen LogP contribution in [0.1, 0.15) is 17.2 Å². The molecule has 4 rings (SSSR count). The van der Waals surface area contributed by atoms with Crippen molar-refractivity contribution in [1.29, 1.82) is 0 Å². The summed E-state index contributed by atoms with van der Waals surface area (Å²) in [7, 11) is 0. The van der Waals surface area contributed by atoms with Crippen molar-refractivity contribution in [3.8, 4) is 0 Å². The van der Waals surface area contributed by atoms with Crippen molar-refractivity contribution in [2.24, 2.45) is 0 Å². The number of aromatic amines is 1. The van der Waals surface area contributed by atoms with E-state index in [2.05, 4.69) is 20.2 Å². The number of rotatable bonds is 3. The third kappa shape index (κ3) is 2.30. The van der Waals surface area contributed by atoms with Gasteiger partial charge in [0.1, 0.15) is 0 Å². The summed E-state index contributed by atoms with van der Waals surface area (Å²) in [5.41, 5.74) is 3.18. The quantitative estimate of drug-likeness (QED) is 0.623. The standard InChI is InChI=1S/C16H16N6O/c1-10-9-11(2)21(19-10)8-7-14-18-15-12-5-3-4-6-13(12)17-16(23)22(15)20-14/h3-6,9H,7-8H2,1-2H3,(H,17,23). The van der Waals surface area contributed by atoms with E-state index in [1.165, 1.54) is 4.52 Å². The second-order valence-electron chi connectivity index (χ2n) is 5.64. The molecule has 4 aromatic rings. The van der Waals surface area contributed by atoms with Crippen LogP contribution in [0.2, 0.25) is 0 Å². The molecule has 0 saturated carbocycles. The van der Waals surface area contributed by atoms with Crippen LogP contribution in [0.25, 0.3) is 16.6 Å². The first-order chi connectivity index (χ1) is 11.1. The molecule has 3 aromatic heterocycles. The van der Waals surface area contributed by atoms with Gasteiger partial charge in [0, 0.05) is 24.0 Å². The van der Waals surface area contributed by atoms with Gasteiger partial charge in [0.25, 0.3) is 0 Å². The maximum atomic E-state index is 12.1. The lowest BCUT2D eigenvalue weighted by molar-refractivity contribution is 0.581. The van der Waals surface area contributed by atoms with E-state index in [0.29, 0.717) is 24.4 Å². The van der Waals surface area contributed by atoms with E-state index in [1.54, 1.807) is 0 Å². The van der Waals surface area contributed by atoms with E-state index in [0.717, 1.165) is 22.3 Å². The second kappa shape index (κ2) is 5.05. The van der Waals surface area contributed by atoms with Crippen LogP contribution in [0, 0.1) is 13.8 Å². The average Bonchev–Trinajstić information content (AvgIpc) is 3.09. The number of hydrogen-bond acceptors (Lipinski definition) is 4. The lowest BCUT2D eigenvalue weighted by atomic mass is 10.2. The topological polar surface area (TPSA) is 80.9 Å². The zero-order valence-corrected chi connectivity index (χ0v) is 12.9. The summed E-state index contributed by atoms with van der Waals surface area (Å²) in [5.74, 6) is 0.638. The zero-order chi connectivity index (χ0) is 16.0. The van der Waals surface area contributed by atoms with Crippen LogP contribution in [0.3, 0.4) is 0 Å². The number of aryl methyl sites for hydroxylation is 4. The van der Waals surface area contributed by atoms with Crippen LogP contribution >= 0.6 is 0 Å². The average molecular weight is 308 g/mol. The Kier molecular flexibility index (Phi) is 3.00. The van der Waals surface area contributed by atoms with Crippen molar-refractivity contribution < 1.29 is 0 Å². The number of hydrogen-bond donors (Lipinski definition) is 1. The van der Waals surface area contributed by atoms with Gasteiger partial charge in [-0.3, -0.25) is 4.68 Å². The first-order valence-corrected chi connectivity index (χ1v) is 7.49. The maximum Gasteiger partial charge on any atom is 0.348 e. The third-order valence-electron chi connectivity index (χ3n) is 3.90. The van der Waals surface area contributed by atoms with Gasteiger partial charge in [-0.05, 0) is 32.0 Å². The molecule has 7 heteroatoms. The van der Waals surface area contributed by atoms with Crippen LogP contribution in [-0.2, 0) is 13.0 Å². The van der Waals surface area contributed by atoms with Gasteiger partial charge in [-0.15, -0.1) is 5.10 Å². The minimum absolute atomic E-state index is 0.274. The highest BCUT2D eigenvalue weighted by molar-refractivity contribution is 5.90. The van der Waals surface area contributed by atoms with E-state index in [4.69, 9.17) is 0 Å². The molecule has 0 fully saturated rings. The highest BCUT2D eigenvalue weighted by Gasteiger charge is 2.11. The molecule has 7 nitrogen and oxygen atoms in total. The van der Waals surface area contributed by atoms with E-state index in [1.807, 2.05) is 48.9 Å². The Morgan fingerprint density at radius 2 is 2.00 bits per heavy atom. The third-order valence-corrected chi connectivity index (χ3v) is 3.90. The molecule has 0 atom stereocenters. The Hall–Kier alpha value is -2.96. The number of nitrogens with one attached hydrogen (secondary N) is 1. The van der Waals surface area contributed by atoms with Crippen molar-refractivity contribution in [3.05, 3.63) is 58.0 Å². The van der Waals surface area contributed by atoms with Gasteiger partial charge in [-0.1, -0.05) is 12.1 Å². The Morgan fingerprint density at radius 3 is 2.78 bits per heavy atom. The number of fused-ring (bicyclic) bond motifs is 3. The van der Waals surface area contributed by atoms with Crippen molar-refractivity contribution in [1.82, 2.24) is 29.4 Å². The van der Waals surface area contributed by atoms with Crippen LogP contribution in [0.15, 0.2) is 35.1 Å². The molecule has 0 radical (unpaired) electrons. The molecule has 1 N–H and O–H groups in total. The Bertz CT molecular complexity index is 1070. The highest BCUT2D eigenvalue weighted by Crippen LogP contribution is 2.14. The summed E-state index contributed by atoms with van der Waals surface area (Å²) in [4.78, 5) is 19.5. The summed E-state index contributed by atoms with van der Waals surface area (Å²) in [6.07, 6.45) is 0.622. The summed E-state index contributed by atoms with van der Waals surface area (Å²) >= 11 is 0. The zero-order valence-electron chi connectivity index (χ0n) is 12.9. The SMILES string of the molecule is Cc1cc(C)n(CCc2nc3c4ccccc4[nH]c(=O)n3n2)n1. The monoisotopic (exact) mass is 308 g/mol. The molecule has 0 amide bonds. The molecular weight excluding hydrogens is 292 g/mol. The molecule has 0 aliphatic heterocycles. The minimum Gasteiger partial charge on any atom is -0.305 e. The number of aromatic nitrogens is 6. The molecule has 0 unspecified atom stereocenters. The van der Waals surface area contributed by atoms with E-state index >= 15 is 0 Å². The highest BCUT2D eigenvalue weighted by atomic mass is 16.1. The van der Waals surface area contributed by atoms with Gasteiger partial charge in [-0.25, -0.2) is 9.78 Å². The van der Waals surface area contributed by atoms with E-state index < -0.39 is 0 Å².